The number of aliphatic hydroxyl groups excluding tert-OH is 1. The molecule has 1 atom stereocenters. The standard InChI is InChI=1S/C8H13N3O2/c1-5(2)7(12)8(13)10-6-3-4-9-11-6/h3-5,7,12H,1-2H3,(H2,9,10,11,13)/t7-/m0/s1. The highest BCUT2D eigenvalue weighted by Gasteiger charge is 2.18. The van der Waals surface area contributed by atoms with E-state index in [1.165, 1.54) is 6.20 Å². The summed E-state index contributed by atoms with van der Waals surface area (Å²) >= 11 is 0. The Kier molecular flexibility index (Phi) is 3.02. The number of rotatable bonds is 3. The van der Waals surface area contributed by atoms with E-state index in [4.69, 9.17) is 0 Å². The highest BCUT2D eigenvalue weighted by atomic mass is 16.3. The van der Waals surface area contributed by atoms with Crippen LogP contribution in [0.4, 0.5) is 5.82 Å². The van der Waals surface area contributed by atoms with Gasteiger partial charge >= 0.3 is 0 Å². The summed E-state index contributed by atoms with van der Waals surface area (Å²) in [6.07, 6.45) is 0.542. The summed E-state index contributed by atoms with van der Waals surface area (Å²) in [5, 5.41) is 18.1. The van der Waals surface area contributed by atoms with Crippen LogP contribution in [0.5, 0.6) is 0 Å². The van der Waals surface area contributed by atoms with Crippen LogP contribution in [-0.2, 0) is 4.79 Å². The summed E-state index contributed by atoms with van der Waals surface area (Å²) in [5.74, 6) is -0.0214. The van der Waals surface area contributed by atoms with Gasteiger partial charge in [-0.25, -0.2) is 0 Å². The minimum atomic E-state index is -0.983. The number of nitrogens with zero attached hydrogens (tertiary/aromatic N) is 1. The van der Waals surface area contributed by atoms with Crippen molar-refractivity contribution in [2.24, 2.45) is 5.92 Å². The SMILES string of the molecule is CC(C)[C@H](O)C(=O)Nc1ccn[nH]1. The molecule has 0 radical (unpaired) electrons. The molecular weight excluding hydrogens is 170 g/mol. The number of hydrogen-bond acceptors (Lipinski definition) is 3. The van der Waals surface area contributed by atoms with Gasteiger partial charge in [-0.1, -0.05) is 13.8 Å². The van der Waals surface area contributed by atoms with E-state index in [-0.39, 0.29) is 5.92 Å². The van der Waals surface area contributed by atoms with Gasteiger partial charge in [0.25, 0.3) is 5.91 Å². The molecule has 0 bridgehead atoms. The lowest BCUT2D eigenvalue weighted by Gasteiger charge is -2.12. The summed E-state index contributed by atoms with van der Waals surface area (Å²) in [6, 6.07) is 1.62. The Labute approximate surface area is 76.2 Å². The first-order chi connectivity index (χ1) is 6.11. The van der Waals surface area contributed by atoms with E-state index in [0.717, 1.165) is 0 Å². The second-order valence-corrected chi connectivity index (χ2v) is 3.15. The quantitative estimate of drug-likeness (QED) is 0.633. The number of H-pyrrole nitrogens is 1. The third-order valence-corrected chi connectivity index (χ3v) is 1.66. The smallest absolute Gasteiger partial charge is 0.254 e. The van der Waals surface area contributed by atoms with Crippen molar-refractivity contribution in [1.29, 1.82) is 0 Å². The van der Waals surface area contributed by atoms with Crippen LogP contribution < -0.4 is 5.32 Å². The molecule has 0 fully saturated rings. The number of aliphatic hydroxyl groups is 1. The van der Waals surface area contributed by atoms with E-state index in [1.807, 2.05) is 0 Å². The lowest BCUT2D eigenvalue weighted by molar-refractivity contribution is -0.125. The normalized spacial score (nSPS) is 12.9. The molecule has 72 valence electrons. The van der Waals surface area contributed by atoms with Gasteiger partial charge in [-0.05, 0) is 5.92 Å². The molecule has 0 unspecified atom stereocenters. The van der Waals surface area contributed by atoms with Crippen molar-refractivity contribution in [2.75, 3.05) is 5.32 Å². The number of aromatic amines is 1. The Bertz CT molecular complexity index is 269. The summed E-state index contributed by atoms with van der Waals surface area (Å²) in [5.41, 5.74) is 0. The third-order valence-electron chi connectivity index (χ3n) is 1.66. The molecule has 0 aromatic carbocycles. The van der Waals surface area contributed by atoms with Gasteiger partial charge in [-0.3, -0.25) is 9.89 Å². The van der Waals surface area contributed by atoms with Crippen molar-refractivity contribution in [1.82, 2.24) is 10.2 Å². The average molecular weight is 183 g/mol. The highest BCUT2D eigenvalue weighted by Crippen LogP contribution is 2.05. The van der Waals surface area contributed by atoms with Crippen molar-refractivity contribution >= 4 is 11.7 Å². The number of amides is 1. The maximum Gasteiger partial charge on any atom is 0.254 e. The van der Waals surface area contributed by atoms with Gasteiger partial charge < -0.3 is 10.4 Å². The topological polar surface area (TPSA) is 78.0 Å². The fraction of sp³-hybridized carbons (Fsp3) is 0.500. The van der Waals surface area contributed by atoms with Crippen LogP contribution in [0.2, 0.25) is 0 Å². The second-order valence-electron chi connectivity index (χ2n) is 3.15. The minimum Gasteiger partial charge on any atom is -0.383 e. The Balaban J connectivity index is 2.51. The number of carbonyl (C=O) groups is 1. The number of carbonyl (C=O) groups excluding carboxylic acids is 1. The highest BCUT2D eigenvalue weighted by molar-refractivity contribution is 5.93. The van der Waals surface area contributed by atoms with Crippen LogP contribution in [0, 0.1) is 5.92 Å². The predicted molar refractivity (Wildman–Crippen MR) is 48.1 cm³/mol. The van der Waals surface area contributed by atoms with E-state index >= 15 is 0 Å². The number of hydrogen-bond donors (Lipinski definition) is 3. The molecule has 0 aliphatic heterocycles. The Morgan fingerprint density at radius 1 is 1.69 bits per heavy atom. The predicted octanol–water partition coefficient (Wildman–Crippen LogP) is 0.365. The zero-order chi connectivity index (χ0) is 9.84. The molecule has 1 heterocycles. The van der Waals surface area contributed by atoms with Gasteiger partial charge in [0.1, 0.15) is 11.9 Å². The van der Waals surface area contributed by atoms with Crippen LogP contribution in [0.1, 0.15) is 13.8 Å². The molecule has 5 nitrogen and oxygen atoms in total. The first kappa shape index (κ1) is 9.73. The fourth-order valence-corrected chi connectivity index (χ4v) is 0.835. The zero-order valence-electron chi connectivity index (χ0n) is 7.61. The number of aromatic nitrogens is 2. The monoisotopic (exact) mass is 183 g/mol. The average Bonchev–Trinajstić information content (AvgIpc) is 2.55. The van der Waals surface area contributed by atoms with Crippen molar-refractivity contribution in [3.05, 3.63) is 12.3 Å². The molecule has 1 aromatic rings. The summed E-state index contributed by atoms with van der Waals surface area (Å²) in [4.78, 5) is 11.2. The molecule has 0 aliphatic carbocycles. The summed E-state index contributed by atoms with van der Waals surface area (Å²) < 4.78 is 0. The first-order valence-corrected chi connectivity index (χ1v) is 4.09. The van der Waals surface area contributed by atoms with E-state index in [2.05, 4.69) is 15.5 Å². The van der Waals surface area contributed by atoms with Gasteiger partial charge in [0.15, 0.2) is 0 Å². The van der Waals surface area contributed by atoms with Gasteiger partial charge in [-0.2, -0.15) is 5.10 Å². The van der Waals surface area contributed by atoms with Crippen LogP contribution in [0.25, 0.3) is 0 Å². The zero-order valence-corrected chi connectivity index (χ0v) is 7.61. The lowest BCUT2D eigenvalue weighted by atomic mass is 10.1. The van der Waals surface area contributed by atoms with Crippen LogP contribution in [0.3, 0.4) is 0 Å². The van der Waals surface area contributed by atoms with E-state index in [1.54, 1.807) is 19.9 Å². The molecule has 1 amide bonds. The molecule has 0 spiro atoms. The Hall–Kier alpha value is -1.36. The molecule has 0 aliphatic rings. The maximum atomic E-state index is 11.2. The van der Waals surface area contributed by atoms with Gasteiger partial charge in [0, 0.05) is 6.07 Å². The van der Waals surface area contributed by atoms with Gasteiger partial charge in [0.05, 0.1) is 6.20 Å². The fourth-order valence-electron chi connectivity index (χ4n) is 0.835. The lowest BCUT2D eigenvalue weighted by Crippen LogP contribution is -2.31. The summed E-state index contributed by atoms with van der Waals surface area (Å²) in [7, 11) is 0. The van der Waals surface area contributed by atoms with Crippen molar-refractivity contribution in [3.8, 4) is 0 Å². The molecular formula is C8H13N3O2. The molecule has 5 heteroatoms. The molecule has 1 aromatic heterocycles. The largest absolute Gasteiger partial charge is 0.383 e. The second kappa shape index (κ2) is 4.04. The Morgan fingerprint density at radius 3 is 2.85 bits per heavy atom. The molecule has 0 saturated heterocycles. The van der Waals surface area contributed by atoms with E-state index in [0.29, 0.717) is 5.82 Å². The number of anilines is 1. The maximum absolute atomic E-state index is 11.2. The molecule has 13 heavy (non-hydrogen) atoms. The van der Waals surface area contributed by atoms with Crippen LogP contribution in [-0.4, -0.2) is 27.3 Å². The summed E-state index contributed by atoms with van der Waals surface area (Å²) in [6.45, 7) is 3.55. The first-order valence-electron chi connectivity index (χ1n) is 4.09. The van der Waals surface area contributed by atoms with Crippen LogP contribution in [0.15, 0.2) is 12.3 Å². The van der Waals surface area contributed by atoms with E-state index in [9.17, 15) is 9.90 Å². The Morgan fingerprint density at radius 2 is 2.38 bits per heavy atom. The van der Waals surface area contributed by atoms with Gasteiger partial charge in [-0.15, -0.1) is 0 Å². The minimum absolute atomic E-state index is 0.0945. The van der Waals surface area contributed by atoms with Crippen LogP contribution >= 0.6 is 0 Å². The molecule has 1 rings (SSSR count). The third kappa shape index (κ3) is 2.55. The number of nitrogens with one attached hydrogen (secondary N) is 2. The van der Waals surface area contributed by atoms with E-state index < -0.39 is 12.0 Å². The van der Waals surface area contributed by atoms with Gasteiger partial charge in [0.2, 0.25) is 0 Å². The van der Waals surface area contributed by atoms with Crippen molar-refractivity contribution in [2.45, 2.75) is 20.0 Å². The van der Waals surface area contributed by atoms with Crippen molar-refractivity contribution in [3.63, 3.8) is 0 Å². The molecule has 0 saturated carbocycles. The van der Waals surface area contributed by atoms with Crippen molar-refractivity contribution < 1.29 is 9.90 Å². The molecule has 3 N–H and O–H groups in total.